The molecule has 0 unspecified atom stereocenters. The maximum atomic E-state index is 13.0. The lowest BCUT2D eigenvalue weighted by Gasteiger charge is -2.20. The molecular formula is C30H32N4O3. The Morgan fingerprint density at radius 2 is 1.49 bits per heavy atom. The summed E-state index contributed by atoms with van der Waals surface area (Å²) in [7, 11) is 2.19. The van der Waals surface area contributed by atoms with E-state index in [4.69, 9.17) is 9.59 Å². The first-order valence-electron chi connectivity index (χ1n) is 12.3. The second-order valence-corrected chi connectivity index (χ2v) is 8.79. The van der Waals surface area contributed by atoms with Gasteiger partial charge in [0.05, 0.1) is 23.1 Å². The molecule has 0 bridgehead atoms. The maximum absolute atomic E-state index is 13.0. The van der Waals surface area contributed by atoms with Gasteiger partial charge in [0.1, 0.15) is 0 Å². The molecule has 1 amide bonds. The molecule has 2 heterocycles. The predicted molar refractivity (Wildman–Crippen MR) is 144 cm³/mol. The molecule has 1 aliphatic heterocycles. The topological polar surface area (TPSA) is 84.3 Å². The summed E-state index contributed by atoms with van der Waals surface area (Å²) in [5.74, 6) is -0.179. The second kappa shape index (κ2) is 14.3. The zero-order valence-electron chi connectivity index (χ0n) is 21.3. The molecular weight excluding hydrogens is 464 g/mol. The van der Waals surface area contributed by atoms with E-state index in [1.165, 1.54) is 32.4 Å². The van der Waals surface area contributed by atoms with E-state index in [-0.39, 0.29) is 12.1 Å². The molecule has 190 valence electrons. The Morgan fingerprint density at radius 1 is 0.865 bits per heavy atom. The molecule has 0 saturated carbocycles. The van der Waals surface area contributed by atoms with Gasteiger partial charge in [0, 0.05) is 11.3 Å². The Kier molecular flexibility index (Phi) is 10.5. The molecule has 37 heavy (non-hydrogen) atoms. The van der Waals surface area contributed by atoms with Gasteiger partial charge >= 0.3 is 6.15 Å². The van der Waals surface area contributed by atoms with Gasteiger partial charge in [0.15, 0.2) is 0 Å². The van der Waals surface area contributed by atoms with Gasteiger partial charge in [-0.3, -0.25) is 4.79 Å². The monoisotopic (exact) mass is 496 g/mol. The lowest BCUT2D eigenvalue weighted by molar-refractivity contribution is -0.191. The van der Waals surface area contributed by atoms with Gasteiger partial charge in [-0.15, -0.1) is 0 Å². The van der Waals surface area contributed by atoms with Crippen LogP contribution in [0.15, 0.2) is 91.1 Å². The van der Waals surface area contributed by atoms with Crippen LogP contribution >= 0.6 is 0 Å². The molecule has 7 nitrogen and oxygen atoms in total. The van der Waals surface area contributed by atoms with Crippen molar-refractivity contribution in [1.82, 2.24) is 14.7 Å². The minimum atomic E-state index is -0.179. The van der Waals surface area contributed by atoms with Crippen molar-refractivity contribution in [1.29, 1.82) is 0 Å². The lowest BCUT2D eigenvalue weighted by Crippen LogP contribution is -2.24. The van der Waals surface area contributed by atoms with Crippen molar-refractivity contribution in [2.24, 2.45) is 0 Å². The van der Waals surface area contributed by atoms with Gasteiger partial charge in [-0.25, -0.2) is 4.68 Å². The highest BCUT2D eigenvalue weighted by Crippen LogP contribution is 2.27. The number of nitrogens with zero attached hydrogens (tertiary/aromatic N) is 3. The largest absolute Gasteiger partial charge is 0.373 e. The number of carbonyl (C=O) groups excluding carboxylic acids is 3. The number of hydrogen-bond acceptors (Lipinski definition) is 5. The van der Waals surface area contributed by atoms with E-state index in [1.54, 1.807) is 10.9 Å². The first-order valence-corrected chi connectivity index (χ1v) is 12.3. The van der Waals surface area contributed by atoms with Gasteiger partial charge in [0.25, 0.3) is 5.91 Å². The number of rotatable bonds is 4. The van der Waals surface area contributed by atoms with Crippen molar-refractivity contribution in [2.45, 2.75) is 26.2 Å². The maximum Gasteiger partial charge on any atom is 0.373 e. The SMILES string of the molecule is CN1CCCCC1.Cc1cccc(NC(=O)c2cnn(-c3ccccc3)c2-c2ccccc2)c1.O=C=O. The minimum absolute atomic E-state index is 0.179. The Bertz CT molecular complexity index is 1290. The summed E-state index contributed by atoms with van der Waals surface area (Å²) in [5.41, 5.74) is 5.01. The molecule has 4 aromatic rings. The summed E-state index contributed by atoms with van der Waals surface area (Å²) in [6.07, 6.45) is 6.15. The molecule has 7 heteroatoms. The van der Waals surface area contributed by atoms with E-state index < -0.39 is 0 Å². The number of carbonyl (C=O) groups is 1. The summed E-state index contributed by atoms with van der Waals surface area (Å²) < 4.78 is 1.81. The van der Waals surface area contributed by atoms with Crippen LogP contribution in [0.2, 0.25) is 0 Å². The molecule has 1 fully saturated rings. The molecule has 0 radical (unpaired) electrons. The number of nitrogens with one attached hydrogen (secondary N) is 1. The van der Waals surface area contributed by atoms with E-state index >= 15 is 0 Å². The molecule has 1 N–H and O–H groups in total. The molecule has 0 spiro atoms. The second-order valence-electron chi connectivity index (χ2n) is 8.79. The van der Waals surface area contributed by atoms with Crippen molar-refractivity contribution >= 4 is 17.7 Å². The summed E-state index contributed by atoms with van der Waals surface area (Å²) in [6, 6.07) is 27.4. The molecule has 1 aromatic heterocycles. The van der Waals surface area contributed by atoms with Crippen LogP contribution in [0.5, 0.6) is 0 Å². The van der Waals surface area contributed by atoms with Crippen LogP contribution in [-0.2, 0) is 9.59 Å². The number of aryl methyl sites for hydroxylation is 1. The predicted octanol–water partition coefficient (Wildman–Crippen LogP) is 5.62. The summed E-state index contributed by atoms with van der Waals surface area (Å²) in [4.78, 5) is 31.6. The van der Waals surface area contributed by atoms with Crippen molar-refractivity contribution in [3.8, 4) is 16.9 Å². The minimum Gasteiger partial charge on any atom is -0.322 e. The number of benzene rings is 3. The van der Waals surface area contributed by atoms with Gasteiger partial charge in [-0.2, -0.15) is 14.7 Å². The fourth-order valence-corrected chi connectivity index (χ4v) is 4.13. The van der Waals surface area contributed by atoms with Crippen LogP contribution in [0.3, 0.4) is 0 Å². The molecule has 5 rings (SSSR count). The lowest BCUT2D eigenvalue weighted by atomic mass is 10.1. The third kappa shape index (κ3) is 8.10. The number of piperidine rings is 1. The summed E-state index contributed by atoms with van der Waals surface area (Å²) in [5, 5.41) is 7.48. The number of aromatic nitrogens is 2. The van der Waals surface area contributed by atoms with Crippen molar-refractivity contribution in [2.75, 3.05) is 25.5 Å². The van der Waals surface area contributed by atoms with Crippen LogP contribution in [-0.4, -0.2) is 46.9 Å². The molecule has 1 aliphatic rings. The van der Waals surface area contributed by atoms with E-state index in [0.29, 0.717) is 5.56 Å². The highest BCUT2D eigenvalue weighted by Gasteiger charge is 2.20. The highest BCUT2D eigenvalue weighted by molar-refractivity contribution is 6.08. The fraction of sp³-hybridized carbons (Fsp3) is 0.233. The first kappa shape index (κ1) is 27.3. The number of para-hydroxylation sites is 1. The van der Waals surface area contributed by atoms with E-state index in [0.717, 1.165) is 28.2 Å². The first-order chi connectivity index (χ1) is 18.0. The van der Waals surface area contributed by atoms with Crippen molar-refractivity contribution in [3.05, 3.63) is 102 Å². The van der Waals surface area contributed by atoms with Gasteiger partial charge in [-0.05, 0) is 69.7 Å². The van der Waals surface area contributed by atoms with Crippen LogP contribution < -0.4 is 5.32 Å². The average Bonchev–Trinajstić information content (AvgIpc) is 3.37. The van der Waals surface area contributed by atoms with Gasteiger partial charge in [-0.1, -0.05) is 67.1 Å². The molecule has 1 saturated heterocycles. The molecule has 3 aromatic carbocycles. The molecule has 0 aliphatic carbocycles. The average molecular weight is 497 g/mol. The van der Waals surface area contributed by atoms with Crippen molar-refractivity contribution < 1.29 is 14.4 Å². The summed E-state index contributed by atoms with van der Waals surface area (Å²) in [6.45, 7) is 4.64. The van der Waals surface area contributed by atoms with Crippen LogP contribution in [0.4, 0.5) is 5.69 Å². The van der Waals surface area contributed by atoms with E-state index in [1.807, 2.05) is 91.9 Å². The smallest absolute Gasteiger partial charge is 0.322 e. The normalized spacial score (nSPS) is 12.7. The Labute approximate surface area is 217 Å². The number of hydrogen-bond donors (Lipinski definition) is 1. The Hall–Kier alpha value is -4.32. The molecule has 0 atom stereocenters. The van der Waals surface area contributed by atoms with Crippen LogP contribution in [0.1, 0.15) is 35.2 Å². The van der Waals surface area contributed by atoms with Gasteiger partial charge in [0.2, 0.25) is 0 Å². The Balaban J connectivity index is 0.000000321. The standard InChI is InChI=1S/C23H19N3O.C6H13N.CO2/c1-17-9-8-12-19(15-17)25-23(27)21-16-24-26(20-13-6-3-7-14-20)22(21)18-10-4-2-5-11-18;1-7-5-3-2-4-6-7;2-1-3/h2-16H,1H3,(H,25,27);2-6H2,1H3;. The third-order valence-electron chi connectivity index (χ3n) is 5.92. The van der Waals surface area contributed by atoms with Crippen LogP contribution in [0.25, 0.3) is 16.9 Å². The summed E-state index contributed by atoms with van der Waals surface area (Å²) >= 11 is 0. The zero-order chi connectivity index (χ0) is 26.5. The zero-order valence-corrected chi connectivity index (χ0v) is 21.3. The quantitative estimate of drug-likeness (QED) is 0.397. The number of anilines is 1. The number of likely N-dealkylation sites (tertiary alicyclic amines) is 1. The Morgan fingerprint density at radius 3 is 2.05 bits per heavy atom. The van der Waals surface area contributed by atoms with Gasteiger partial charge < -0.3 is 10.2 Å². The van der Waals surface area contributed by atoms with E-state index in [9.17, 15) is 4.79 Å². The fourth-order valence-electron chi connectivity index (χ4n) is 4.13. The van der Waals surface area contributed by atoms with Crippen LogP contribution in [0, 0.1) is 6.92 Å². The van der Waals surface area contributed by atoms with Crippen molar-refractivity contribution in [3.63, 3.8) is 0 Å². The third-order valence-corrected chi connectivity index (χ3v) is 5.92. The highest BCUT2D eigenvalue weighted by atomic mass is 16.2. The number of amides is 1. The van der Waals surface area contributed by atoms with E-state index in [2.05, 4.69) is 22.4 Å².